The predicted molar refractivity (Wildman–Crippen MR) is 194 cm³/mol. The lowest BCUT2D eigenvalue weighted by atomic mass is 9.95. The quantitative estimate of drug-likeness (QED) is 0.150. The van der Waals surface area contributed by atoms with Crippen LogP contribution in [-0.4, -0.2) is 18.1 Å². The molecule has 0 radical (unpaired) electrons. The first-order chi connectivity index (χ1) is 23.1. The highest BCUT2D eigenvalue weighted by Crippen LogP contribution is 2.40. The van der Waals surface area contributed by atoms with E-state index in [1.807, 2.05) is 48.7 Å². The number of carbonyl (C=O) groups excluding carboxylic acids is 1. The van der Waals surface area contributed by atoms with E-state index in [0.717, 1.165) is 27.9 Å². The lowest BCUT2D eigenvalue weighted by Gasteiger charge is -2.12. The Labute approximate surface area is 275 Å². The summed E-state index contributed by atoms with van der Waals surface area (Å²) in [5.41, 5.74) is 15.3. The number of carbonyl (C=O) groups is 1. The molecule has 0 amide bonds. The summed E-state index contributed by atoms with van der Waals surface area (Å²) in [4.78, 5) is 17.2. The molecule has 0 aliphatic heterocycles. The number of pyridine rings is 1. The summed E-state index contributed by atoms with van der Waals surface area (Å²) >= 11 is 0. The molecular weight excluding hydrogens is 576 g/mol. The van der Waals surface area contributed by atoms with E-state index < -0.39 is 0 Å². The zero-order chi connectivity index (χ0) is 32.2. The fourth-order valence-corrected chi connectivity index (χ4v) is 6.17. The average Bonchev–Trinajstić information content (AvgIpc) is 3.99. The highest BCUT2D eigenvalue weighted by molar-refractivity contribution is 5.96. The van der Waals surface area contributed by atoms with Crippen molar-refractivity contribution in [2.45, 2.75) is 25.2 Å². The van der Waals surface area contributed by atoms with Crippen LogP contribution >= 0.6 is 0 Å². The monoisotopic (exact) mass is 612 g/mol. The molecule has 1 aromatic heterocycles. The van der Waals surface area contributed by atoms with E-state index >= 15 is 0 Å². The van der Waals surface area contributed by atoms with Gasteiger partial charge in [0.05, 0.1) is 18.4 Å². The third kappa shape index (κ3) is 6.63. The van der Waals surface area contributed by atoms with Crippen molar-refractivity contribution < 1.29 is 9.53 Å². The number of hydrogen-bond acceptors (Lipinski definition) is 4. The van der Waals surface area contributed by atoms with E-state index in [2.05, 4.69) is 97.1 Å². The summed E-state index contributed by atoms with van der Waals surface area (Å²) in [6.45, 7) is 0. The van der Waals surface area contributed by atoms with E-state index in [1.165, 1.54) is 58.4 Å². The van der Waals surface area contributed by atoms with Gasteiger partial charge in [0.2, 0.25) is 0 Å². The molecular formula is C43H36N2O2. The molecule has 2 N–H and O–H groups in total. The molecule has 0 atom stereocenters. The molecule has 4 nitrogen and oxygen atoms in total. The van der Waals surface area contributed by atoms with Crippen molar-refractivity contribution >= 4 is 33.2 Å². The fourth-order valence-electron chi connectivity index (χ4n) is 6.17. The molecule has 0 spiro atoms. The van der Waals surface area contributed by atoms with Gasteiger partial charge in [0, 0.05) is 23.7 Å². The van der Waals surface area contributed by atoms with Gasteiger partial charge in [-0.3, -0.25) is 4.98 Å². The number of methoxy groups -OCH3 is 1. The molecule has 0 bridgehead atoms. The molecule has 1 aliphatic rings. The Kier molecular flexibility index (Phi) is 8.48. The predicted octanol–water partition coefficient (Wildman–Crippen LogP) is 10.2. The molecule has 4 heteroatoms. The van der Waals surface area contributed by atoms with Crippen LogP contribution in [0.1, 0.15) is 45.9 Å². The largest absolute Gasteiger partial charge is 0.465 e. The van der Waals surface area contributed by atoms with Crippen LogP contribution in [0.25, 0.3) is 43.8 Å². The topological polar surface area (TPSA) is 65.2 Å². The molecule has 0 unspecified atom stereocenters. The number of rotatable bonds is 6. The Morgan fingerprint density at radius 2 is 1.28 bits per heavy atom. The number of benzene rings is 6. The van der Waals surface area contributed by atoms with Gasteiger partial charge in [-0.25, -0.2) is 4.79 Å². The normalized spacial score (nSPS) is 12.4. The number of ether oxygens (including phenoxy) is 1. The molecule has 1 heterocycles. The smallest absolute Gasteiger partial charge is 0.339 e. The fraction of sp³-hybridized carbons (Fsp3) is 0.116. The maximum absolute atomic E-state index is 12.5. The third-order valence-corrected chi connectivity index (χ3v) is 8.91. The molecule has 230 valence electrons. The van der Waals surface area contributed by atoms with Gasteiger partial charge < -0.3 is 10.5 Å². The van der Waals surface area contributed by atoms with Gasteiger partial charge in [-0.05, 0) is 92.6 Å². The first-order valence-corrected chi connectivity index (χ1v) is 16.1. The first kappa shape index (κ1) is 29.9. The summed E-state index contributed by atoms with van der Waals surface area (Å²) in [5, 5.41) is 4.67. The standard InChI is InChI=1S/C27H23NO2.C16H13N/c1-30-27(29)25-15-23(19-10-11-19)17-28-26(25)16-22-9-5-8-20-12-13-21(14-24(20)22)18-6-3-2-4-7-18;17-16-8-4-7-13-9-10-14(11-15(13)16)12-5-2-1-3-6-12/h2-9,12-15,17,19H,10-11,16H2,1H3;1-11H,17H2. The number of fused-ring (bicyclic) bond motifs is 2. The maximum atomic E-state index is 12.5. The molecule has 0 saturated heterocycles. The van der Waals surface area contributed by atoms with Crippen LogP contribution in [0, 0.1) is 0 Å². The average molecular weight is 613 g/mol. The zero-order valence-corrected chi connectivity index (χ0v) is 26.4. The lowest BCUT2D eigenvalue weighted by molar-refractivity contribution is 0.0599. The van der Waals surface area contributed by atoms with Crippen LogP contribution in [0.4, 0.5) is 5.69 Å². The van der Waals surface area contributed by atoms with Crippen molar-refractivity contribution in [1.82, 2.24) is 4.98 Å². The van der Waals surface area contributed by atoms with Crippen LogP contribution in [0.2, 0.25) is 0 Å². The van der Waals surface area contributed by atoms with Crippen molar-refractivity contribution in [3.63, 3.8) is 0 Å². The van der Waals surface area contributed by atoms with Crippen LogP contribution in [0.15, 0.2) is 146 Å². The minimum Gasteiger partial charge on any atom is -0.465 e. The summed E-state index contributed by atoms with van der Waals surface area (Å²) in [6.07, 6.45) is 4.87. The summed E-state index contributed by atoms with van der Waals surface area (Å²) in [5.74, 6) is 0.228. The maximum Gasteiger partial charge on any atom is 0.339 e. The molecule has 6 aromatic carbocycles. The van der Waals surface area contributed by atoms with Crippen LogP contribution < -0.4 is 5.73 Å². The highest BCUT2D eigenvalue weighted by atomic mass is 16.5. The number of nitrogens with zero attached hydrogens (tertiary/aromatic N) is 1. The Morgan fingerprint density at radius 3 is 1.89 bits per heavy atom. The first-order valence-electron chi connectivity index (χ1n) is 16.1. The van der Waals surface area contributed by atoms with E-state index in [1.54, 1.807) is 0 Å². The molecule has 1 aliphatic carbocycles. The van der Waals surface area contributed by atoms with Crippen LogP contribution in [-0.2, 0) is 11.2 Å². The molecule has 8 rings (SSSR count). The molecule has 1 fully saturated rings. The van der Waals surface area contributed by atoms with E-state index in [-0.39, 0.29) is 5.97 Å². The van der Waals surface area contributed by atoms with Crippen molar-refractivity contribution in [2.75, 3.05) is 12.8 Å². The SMILES string of the molecule is COC(=O)c1cc(C2CC2)cnc1Cc1cccc2ccc(-c3ccccc3)cc12.Nc1cccc2ccc(-c3ccccc3)cc12. The van der Waals surface area contributed by atoms with Crippen molar-refractivity contribution in [2.24, 2.45) is 0 Å². The molecule has 47 heavy (non-hydrogen) atoms. The van der Waals surface area contributed by atoms with Crippen LogP contribution in [0.5, 0.6) is 0 Å². The van der Waals surface area contributed by atoms with Gasteiger partial charge in [0.1, 0.15) is 0 Å². The Balaban J connectivity index is 0.000000174. The zero-order valence-electron chi connectivity index (χ0n) is 26.4. The lowest BCUT2D eigenvalue weighted by Crippen LogP contribution is -2.09. The van der Waals surface area contributed by atoms with E-state index in [4.69, 9.17) is 15.5 Å². The second kappa shape index (κ2) is 13.3. The minimum absolute atomic E-state index is 0.315. The van der Waals surface area contributed by atoms with Crippen molar-refractivity contribution in [3.05, 3.63) is 168 Å². The molecule has 7 aromatic rings. The summed E-state index contributed by atoms with van der Waals surface area (Å²) in [6, 6.07) is 48.0. The number of anilines is 1. The third-order valence-electron chi connectivity index (χ3n) is 8.91. The van der Waals surface area contributed by atoms with Gasteiger partial charge in [-0.2, -0.15) is 0 Å². The minimum atomic E-state index is -0.315. The van der Waals surface area contributed by atoms with E-state index in [9.17, 15) is 4.79 Å². The number of hydrogen-bond donors (Lipinski definition) is 1. The Morgan fingerprint density at radius 1 is 0.681 bits per heavy atom. The van der Waals surface area contributed by atoms with Crippen molar-refractivity contribution in [1.29, 1.82) is 0 Å². The summed E-state index contributed by atoms with van der Waals surface area (Å²) < 4.78 is 5.06. The second-order valence-corrected chi connectivity index (χ2v) is 12.1. The number of aromatic nitrogens is 1. The molecule has 1 saturated carbocycles. The highest BCUT2D eigenvalue weighted by Gasteiger charge is 2.26. The van der Waals surface area contributed by atoms with Gasteiger partial charge in [-0.1, -0.05) is 115 Å². The second-order valence-electron chi connectivity index (χ2n) is 12.1. The van der Waals surface area contributed by atoms with Gasteiger partial charge >= 0.3 is 5.97 Å². The van der Waals surface area contributed by atoms with Gasteiger partial charge in [-0.15, -0.1) is 0 Å². The number of nitrogen functional groups attached to an aromatic ring is 1. The number of nitrogens with two attached hydrogens (primary N) is 1. The Hall–Kier alpha value is -5.74. The number of esters is 1. The Bertz CT molecular complexity index is 2190. The van der Waals surface area contributed by atoms with Crippen molar-refractivity contribution in [3.8, 4) is 22.3 Å². The summed E-state index contributed by atoms with van der Waals surface area (Å²) in [7, 11) is 1.43. The van der Waals surface area contributed by atoms with Crippen LogP contribution in [0.3, 0.4) is 0 Å². The van der Waals surface area contributed by atoms with Gasteiger partial charge in [0.15, 0.2) is 0 Å². The van der Waals surface area contributed by atoms with Gasteiger partial charge in [0.25, 0.3) is 0 Å². The van der Waals surface area contributed by atoms with E-state index in [0.29, 0.717) is 17.9 Å².